The third kappa shape index (κ3) is 4.34. The molecule has 0 aromatic heterocycles. The van der Waals surface area contributed by atoms with Crippen molar-refractivity contribution in [3.8, 4) is 0 Å². The molecule has 0 N–H and O–H groups in total. The van der Waals surface area contributed by atoms with Crippen LogP contribution in [0.4, 0.5) is 5.69 Å². The Hall–Kier alpha value is -1.81. The van der Waals surface area contributed by atoms with Crippen molar-refractivity contribution < 1.29 is 9.53 Å². The summed E-state index contributed by atoms with van der Waals surface area (Å²) in [5.41, 5.74) is 1.88. The van der Waals surface area contributed by atoms with E-state index in [2.05, 4.69) is 6.58 Å². The van der Waals surface area contributed by atoms with Crippen LogP contribution in [0.25, 0.3) is 0 Å². The molecule has 0 bridgehead atoms. The number of nitrogens with zero attached hydrogens (tertiary/aromatic N) is 2. The van der Waals surface area contributed by atoms with Crippen molar-refractivity contribution in [2.45, 2.75) is 12.8 Å². The van der Waals surface area contributed by atoms with Gasteiger partial charge in [0.1, 0.15) is 0 Å². The molecule has 22 heavy (non-hydrogen) atoms. The second-order valence-corrected chi connectivity index (χ2v) is 6.00. The number of ether oxygens (including phenoxy) is 1. The van der Waals surface area contributed by atoms with Crippen LogP contribution in [0, 0.1) is 5.92 Å². The van der Waals surface area contributed by atoms with Gasteiger partial charge in [-0.1, -0.05) is 6.08 Å². The highest BCUT2D eigenvalue weighted by Gasteiger charge is 2.23. The lowest BCUT2D eigenvalue weighted by molar-refractivity contribution is 0.0575. The summed E-state index contributed by atoms with van der Waals surface area (Å²) in [4.78, 5) is 16.5. The molecule has 1 aliphatic heterocycles. The highest BCUT2D eigenvalue weighted by molar-refractivity contribution is 5.94. The number of carbonyl (C=O) groups is 1. The number of hydrogen-bond donors (Lipinski definition) is 0. The molecule has 2 rings (SSSR count). The topological polar surface area (TPSA) is 32.8 Å². The SMILES string of the molecule is C=CCOCC1CCN(C(=O)c2ccc(N(C)C)cc2)CC1. The molecule has 0 saturated carbocycles. The normalized spacial score (nSPS) is 15.6. The molecular weight excluding hydrogens is 276 g/mol. The summed E-state index contributed by atoms with van der Waals surface area (Å²) < 4.78 is 5.51. The van der Waals surface area contributed by atoms with E-state index in [1.165, 1.54) is 0 Å². The molecule has 0 atom stereocenters. The minimum Gasteiger partial charge on any atom is -0.378 e. The molecule has 1 amide bonds. The Bertz CT molecular complexity index is 488. The van der Waals surface area contributed by atoms with Gasteiger partial charge in [-0.15, -0.1) is 6.58 Å². The fourth-order valence-corrected chi connectivity index (χ4v) is 2.71. The van der Waals surface area contributed by atoms with Crippen molar-refractivity contribution in [1.29, 1.82) is 0 Å². The van der Waals surface area contributed by atoms with Crippen LogP contribution in [0.5, 0.6) is 0 Å². The molecular formula is C18H26N2O2. The lowest BCUT2D eigenvalue weighted by Crippen LogP contribution is -2.39. The van der Waals surface area contributed by atoms with Gasteiger partial charge in [-0.25, -0.2) is 0 Å². The zero-order chi connectivity index (χ0) is 15.9. The van der Waals surface area contributed by atoms with Crippen LogP contribution in [-0.2, 0) is 4.74 Å². The van der Waals surface area contributed by atoms with E-state index in [9.17, 15) is 4.79 Å². The standard InChI is InChI=1S/C18H26N2O2/c1-4-13-22-14-15-9-11-20(12-10-15)18(21)16-5-7-17(8-6-16)19(2)3/h4-8,15H,1,9-14H2,2-3H3. The second kappa shape index (κ2) is 7.99. The van der Waals surface area contributed by atoms with Gasteiger partial charge in [-0.2, -0.15) is 0 Å². The molecule has 120 valence electrons. The third-order valence-corrected chi connectivity index (χ3v) is 4.12. The second-order valence-electron chi connectivity index (χ2n) is 6.00. The molecule has 0 spiro atoms. The first-order valence-electron chi connectivity index (χ1n) is 7.87. The lowest BCUT2D eigenvalue weighted by atomic mass is 9.97. The maximum atomic E-state index is 12.5. The number of carbonyl (C=O) groups excluding carboxylic acids is 1. The quantitative estimate of drug-likeness (QED) is 0.598. The van der Waals surface area contributed by atoms with Crippen LogP contribution in [0.3, 0.4) is 0 Å². The smallest absolute Gasteiger partial charge is 0.253 e. The average molecular weight is 302 g/mol. The zero-order valence-electron chi connectivity index (χ0n) is 13.6. The van der Waals surface area contributed by atoms with Crippen LogP contribution in [0.1, 0.15) is 23.2 Å². The van der Waals surface area contributed by atoms with E-state index in [4.69, 9.17) is 4.74 Å². The largest absolute Gasteiger partial charge is 0.378 e. The Morgan fingerprint density at radius 1 is 1.32 bits per heavy atom. The number of rotatable bonds is 6. The van der Waals surface area contributed by atoms with Crippen molar-refractivity contribution in [2.75, 3.05) is 45.3 Å². The zero-order valence-corrected chi connectivity index (χ0v) is 13.6. The Labute approximate surface area is 133 Å². The predicted molar refractivity (Wildman–Crippen MR) is 90.4 cm³/mol. The number of likely N-dealkylation sites (tertiary alicyclic amines) is 1. The van der Waals surface area contributed by atoms with Gasteiger partial charge in [-0.05, 0) is 43.0 Å². The van der Waals surface area contributed by atoms with E-state index in [-0.39, 0.29) is 5.91 Å². The number of piperidine rings is 1. The summed E-state index contributed by atoms with van der Waals surface area (Å²) in [6.45, 7) is 6.66. The number of benzene rings is 1. The van der Waals surface area contributed by atoms with E-state index in [0.717, 1.165) is 43.8 Å². The van der Waals surface area contributed by atoms with Crippen LogP contribution >= 0.6 is 0 Å². The first kappa shape index (κ1) is 16.6. The summed E-state index contributed by atoms with van der Waals surface area (Å²) in [5.74, 6) is 0.691. The summed E-state index contributed by atoms with van der Waals surface area (Å²) in [5, 5.41) is 0. The van der Waals surface area contributed by atoms with E-state index in [1.54, 1.807) is 6.08 Å². The number of anilines is 1. The molecule has 0 radical (unpaired) electrons. The predicted octanol–water partition coefficient (Wildman–Crippen LogP) is 2.81. The Morgan fingerprint density at radius 2 is 1.95 bits per heavy atom. The van der Waals surface area contributed by atoms with Gasteiger partial charge in [0.15, 0.2) is 0 Å². The lowest BCUT2D eigenvalue weighted by Gasteiger charge is -2.32. The highest BCUT2D eigenvalue weighted by Crippen LogP contribution is 2.20. The van der Waals surface area contributed by atoms with E-state index in [1.807, 2.05) is 48.2 Å². The van der Waals surface area contributed by atoms with Crippen molar-refractivity contribution >= 4 is 11.6 Å². The van der Waals surface area contributed by atoms with Gasteiger partial charge in [0.2, 0.25) is 0 Å². The molecule has 4 heteroatoms. The first-order valence-corrected chi connectivity index (χ1v) is 7.87. The summed E-state index contributed by atoms with van der Waals surface area (Å²) in [6, 6.07) is 7.81. The summed E-state index contributed by atoms with van der Waals surface area (Å²) in [7, 11) is 3.99. The molecule has 1 saturated heterocycles. The summed E-state index contributed by atoms with van der Waals surface area (Å²) >= 11 is 0. The maximum Gasteiger partial charge on any atom is 0.253 e. The van der Waals surface area contributed by atoms with Crippen LogP contribution in [0.2, 0.25) is 0 Å². The minimum atomic E-state index is 0.135. The molecule has 4 nitrogen and oxygen atoms in total. The summed E-state index contributed by atoms with van der Waals surface area (Å²) in [6.07, 6.45) is 3.80. The monoisotopic (exact) mass is 302 g/mol. The number of hydrogen-bond acceptors (Lipinski definition) is 3. The van der Waals surface area contributed by atoms with Crippen LogP contribution in [-0.4, -0.2) is 51.2 Å². The fraction of sp³-hybridized carbons (Fsp3) is 0.500. The van der Waals surface area contributed by atoms with Crippen molar-refractivity contribution in [1.82, 2.24) is 4.90 Å². The van der Waals surface area contributed by atoms with Crippen molar-refractivity contribution in [3.05, 3.63) is 42.5 Å². The van der Waals surface area contributed by atoms with Gasteiger partial charge >= 0.3 is 0 Å². The molecule has 0 aliphatic carbocycles. The molecule has 1 heterocycles. The Balaban J connectivity index is 1.85. The van der Waals surface area contributed by atoms with Gasteiger partial charge in [-0.3, -0.25) is 4.79 Å². The molecule has 1 aromatic rings. The Morgan fingerprint density at radius 3 is 2.50 bits per heavy atom. The first-order chi connectivity index (χ1) is 10.6. The van der Waals surface area contributed by atoms with Gasteiger partial charge in [0.25, 0.3) is 5.91 Å². The number of amides is 1. The van der Waals surface area contributed by atoms with Gasteiger partial charge in [0.05, 0.1) is 6.61 Å². The van der Waals surface area contributed by atoms with E-state index >= 15 is 0 Å². The maximum absolute atomic E-state index is 12.5. The molecule has 1 aromatic carbocycles. The van der Waals surface area contributed by atoms with Gasteiger partial charge in [0, 0.05) is 45.0 Å². The third-order valence-electron chi connectivity index (χ3n) is 4.12. The van der Waals surface area contributed by atoms with Crippen molar-refractivity contribution in [2.24, 2.45) is 5.92 Å². The molecule has 1 fully saturated rings. The van der Waals surface area contributed by atoms with Crippen molar-refractivity contribution in [3.63, 3.8) is 0 Å². The van der Waals surface area contributed by atoms with Gasteiger partial charge < -0.3 is 14.5 Å². The van der Waals surface area contributed by atoms with E-state index in [0.29, 0.717) is 12.5 Å². The highest BCUT2D eigenvalue weighted by atomic mass is 16.5. The molecule has 0 unspecified atom stereocenters. The minimum absolute atomic E-state index is 0.135. The fourth-order valence-electron chi connectivity index (χ4n) is 2.71. The van der Waals surface area contributed by atoms with E-state index < -0.39 is 0 Å². The Kier molecular flexibility index (Phi) is 6.01. The van der Waals surface area contributed by atoms with Crippen LogP contribution < -0.4 is 4.90 Å². The van der Waals surface area contributed by atoms with Crippen LogP contribution in [0.15, 0.2) is 36.9 Å². The average Bonchev–Trinajstić information content (AvgIpc) is 2.55. The molecule has 1 aliphatic rings.